The predicted octanol–water partition coefficient (Wildman–Crippen LogP) is 4.65. The summed E-state index contributed by atoms with van der Waals surface area (Å²) in [5.41, 5.74) is 1.34. The highest BCUT2D eigenvalue weighted by molar-refractivity contribution is 6.30. The summed E-state index contributed by atoms with van der Waals surface area (Å²) >= 11 is 5.96. The quantitative estimate of drug-likeness (QED) is 0.738. The van der Waals surface area contributed by atoms with Gasteiger partial charge in [0.1, 0.15) is 0 Å². The molecule has 2 atom stereocenters. The number of piperidine rings is 1. The number of hydrogen-bond acceptors (Lipinski definition) is 2. The van der Waals surface area contributed by atoms with Crippen LogP contribution in [-0.2, 0) is 0 Å². The van der Waals surface area contributed by atoms with Crippen LogP contribution in [0.15, 0.2) is 24.3 Å². The summed E-state index contributed by atoms with van der Waals surface area (Å²) in [7, 11) is 0. The smallest absolute Gasteiger partial charge is 0.0406 e. The number of rotatable bonds is 7. The van der Waals surface area contributed by atoms with Gasteiger partial charge in [0.25, 0.3) is 0 Å². The fourth-order valence-corrected chi connectivity index (χ4v) is 3.37. The van der Waals surface area contributed by atoms with Crippen molar-refractivity contribution >= 4 is 11.6 Å². The third-order valence-corrected chi connectivity index (χ3v) is 4.89. The van der Waals surface area contributed by atoms with Gasteiger partial charge in [-0.25, -0.2) is 0 Å². The molecular weight excluding hydrogens is 280 g/mol. The molecule has 0 aliphatic carbocycles. The molecular formula is C18H29ClN2. The Hall–Kier alpha value is -0.570. The zero-order valence-corrected chi connectivity index (χ0v) is 14.2. The van der Waals surface area contributed by atoms with E-state index in [0.717, 1.165) is 24.0 Å². The first-order valence-electron chi connectivity index (χ1n) is 8.43. The Kier molecular flexibility index (Phi) is 7.01. The third-order valence-electron chi connectivity index (χ3n) is 4.63. The number of nitrogens with one attached hydrogen (secondary N) is 1. The maximum atomic E-state index is 5.96. The topological polar surface area (TPSA) is 15.3 Å². The molecule has 2 rings (SSSR count). The maximum Gasteiger partial charge on any atom is 0.0406 e. The lowest BCUT2D eigenvalue weighted by Crippen LogP contribution is -2.39. The van der Waals surface area contributed by atoms with E-state index in [2.05, 4.69) is 36.2 Å². The normalized spacial score (nSPS) is 21.4. The first-order valence-corrected chi connectivity index (χ1v) is 8.81. The minimum absolute atomic E-state index is 0.445. The fourth-order valence-electron chi connectivity index (χ4n) is 3.24. The van der Waals surface area contributed by atoms with E-state index in [1.165, 1.54) is 44.3 Å². The number of benzene rings is 1. The van der Waals surface area contributed by atoms with Crippen LogP contribution >= 0.6 is 11.6 Å². The van der Waals surface area contributed by atoms with Gasteiger partial charge in [0.05, 0.1) is 0 Å². The second kappa shape index (κ2) is 8.77. The van der Waals surface area contributed by atoms with Crippen LogP contribution in [0, 0.1) is 0 Å². The van der Waals surface area contributed by atoms with Gasteiger partial charge in [-0.15, -0.1) is 0 Å². The molecule has 1 aromatic rings. The summed E-state index contributed by atoms with van der Waals surface area (Å²) in [6.45, 7) is 8.21. The summed E-state index contributed by atoms with van der Waals surface area (Å²) in [4.78, 5) is 2.65. The Bertz CT molecular complexity index is 404. The first kappa shape index (κ1) is 16.8. The lowest BCUT2D eigenvalue weighted by Gasteiger charge is -2.33. The predicted molar refractivity (Wildman–Crippen MR) is 92.0 cm³/mol. The molecule has 1 aliphatic rings. The average molecular weight is 309 g/mol. The monoisotopic (exact) mass is 308 g/mol. The molecule has 1 aliphatic heterocycles. The van der Waals surface area contributed by atoms with Crippen molar-refractivity contribution in [3.05, 3.63) is 34.9 Å². The number of hydrogen-bond donors (Lipinski definition) is 1. The Morgan fingerprint density at radius 2 is 2.05 bits per heavy atom. The lowest BCUT2D eigenvalue weighted by atomic mass is 10.0. The molecule has 1 aromatic carbocycles. The minimum Gasteiger partial charge on any atom is -0.310 e. The number of nitrogens with zero attached hydrogens (tertiary/aromatic N) is 1. The summed E-state index contributed by atoms with van der Waals surface area (Å²) in [6.07, 6.45) is 6.50. The van der Waals surface area contributed by atoms with E-state index < -0.39 is 0 Å². The third kappa shape index (κ3) is 5.28. The van der Waals surface area contributed by atoms with Gasteiger partial charge in [-0.05, 0) is 69.9 Å². The summed E-state index contributed by atoms with van der Waals surface area (Å²) < 4.78 is 0. The second-order valence-electron chi connectivity index (χ2n) is 6.20. The van der Waals surface area contributed by atoms with Crippen molar-refractivity contribution in [2.75, 3.05) is 19.6 Å². The maximum absolute atomic E-state index is 5.96. The molecule has 1 heterocycles. The second-order valence-corrected chi connectivity index (χ2v) is 6.64. The van der Waals surface area contributed by atoms with Crippen molar-refractivity contribution in [2.24, 2.45) is 0 Å². The fraction of sp³-hybridized carbons (Fsp3) is 0.667. The van der Waals surface area contributed by atoms with Crippen molar-refractivity contribution in [1.82, 2.24) is 10.2 Å². The van der Waals surface area contributed by atoms with Gasteiger partial charge in [-0.1, -0.05) is 37.1 Å². The van der Waals surface area contributed by atoms with E-state index in [0.29, 0.717) is 6.04 Å². The Balaban J connectivity index is 1.72. The van der Waals surface area contributed by atoms with Crippen molar-refractivity contribution in [1.29, 1.82) is 0 Å². The molecule has 0 spiro atoms. The average Bonchev–Trinajstić information content (AvgIpc) is 2.50. The molecule has 2 unspecified atom stereocenters. The van der Waals surface area contributed by atoms with Gasteiger partial charge < -0.3 is 10.2 Å². The molecule has 1 saturated heterocycles. The van der Waals surface area contributed by atoms with Gasteiger partial charge in [0.15, 0.2) is 0 Å². The first-order chi connectivity index (χ1) is 10.2. The van der Waals surface area contributed by atoms with Gasteiger partial charge in [-0.3, -0.25) is 0 Å². The van der Waals surface area contributed by atoms with Crippen molar-refractivity contribution < 1.29 is 0 Å². The van der Waals surface area contributed by atoms with E-state index in [1.54, 1.807) is 0 Å². The summed E-state index contributed by atoms with van der Waals surface area (Å²) in [5, 5.41) is 4.50. The SMILES string of the molecule is CCC(NCCCN1CCCCC1C)c1ccc(Cl)cc1. The van der Waals surface area contributed by atoms with Gasteiger partial charge >= 0.3 is 0 Å². The molecule has 0 amide bonds. The zero-order valence-electron chi connectivity index (χ0n) is 13.4. The molecule has 0 bridgehead atoms. The molecule has 0 saturated carbocycles. The molecule has 118 valence electrons. The van der Waals surface area contributed by atoms with E-state index >= 15 is 0 Å². The largest absolute Gasteiger partial charge is 0.310 e. The zero-order chi connectivity index (χ0) is 15.1. The van der Waals surface area contributed by atoms with Crippen LogP contribution in [0.25, 0.3) is 0 Å². The van der Waals surface area contributed by atoms with Crippen LogP contribution < -0.4 is 5.32 Å². The highest BCUT2D eigenvalue weighted by Gasteiger charge is 2.17. The summed E-state index contributed by atoms with van der Waals surface area (Å²) in [5.74, 6) is 0. The van der Waals surface area contributed by atoms with Crippen molar-refractivity contribution in [3.8, 4) is 0 Å². The lowest BCUT2D eigenvalue weighted by molar-refractivity contribution is 0.158. The molecule has 0 aromatic heterocycles. The number of halogens is 1. The van der Waals surface area contributed by atoms with Crippen LogP contribution in [0.5, 0.6) is 0 Å². The molecule has 1 N–H and O–H groups in total. The van der Waals surface area contributed by atoms with Crippen molar-refractivity contribution in [3.63, 3.8) is 0 Å². The molecule has 1 fully saturated rings. The highest BCUT2D eigenvalue weighted by Crippen LogP contribution is 2.19. The summed E-state index contributed by atoms with van der Waals surface area (Å²) in [6, 6.07) is 9.46. The highest BCUT2D eigenvalue weighted by atomic mass is 35.5. The van der Waals surface area contributed by atoms with Gasteiger partial charge in [0, 0.05) is 17.1 Å². The van der Waals surface area contributed by atoms with Crippen molar-refractivity contribution in [2.45, 2.75) is 58.0 Å². The molecule has 2 nitrogen and oxygen atoms in total. The Morgan fingerprint density at radius 1 is 1.29 bits per heavy atom. The van der Waals surface area contributed by atoms with E-state index in [1.807, 2.05) is 12.1 Å². The van der Waals surface area contributed by atoms with Crippen LogP contribution in [0.4, 0.5) is 0 Å². The molecule has 3 heteroatoms. The molecule has 21 heavy (non-hydrogen) atoms. The molecule has 0 radical (unpaired) electrons. The van der Waals surface area contributed by atoms with Crippen LogP contribution in [0.3, 0.4) is 0 Å². The van der Waals surface area contributed by atoms with E-state index in [9.17, 15) is 0 Å². The Labute approximate surface area is 134 Å². The standard InChI is InChI=1S/C18H29ClN2/c1-3-18(16-8-10-17(19)11-9-16)20-12-6-14-21-13-5-4-7-15(21)2/h8-11,15,18,20H,3-7,12-14H2,1-2H3. The van der Waals surface area contributed by atoms with Crippen LogP contribution in [0.1, 0.15) is 57.6 Å². The minimum atomic E-state index is 0.445. The van der Waals surface area contributed by atoms with E-state index in [-0.39, 0.29) is 0 Å². The van der Waals surface area contributed by atoms with Gasteiger partial charge in [-0.2, -0.15) is 0 Å². The van der Waals surface area contributed by atoms with Crippen LogP contribution in [0.2, 0.25) is 5.02 Å². The van der Waals surface area contributed by atoms with E-state index in [4.69, 9.17) is 11.6 Å². The Morgan fingerprint density at radius 3 is 2.71 bits per heavy atom. The van der Waals surface area contributed by atoms with Gasteiger partial charge in [0.2, 0.25) is 0 Å². The number of likely N-dealkylation sites (tertiary alicyclic amines) is 1. The van der Waals surface area contributed by atoms with Crippen LogP contribution in [-0.4, -0.2) is 30.6 Å².